The van der Waals surface area contributed by atoms with E-state index in [0.29, 0.717) is 18.0 Å². The molecule has 1 aliphatic heterocycles. The minimum atomic E-state index is -3.63. The second-order valence-electron chi connectivity index (χ2n) is 5.86. The standard InChI is InChI=1S/C16H16N2O4S2/c19-16-10-22-15-6-5-13(8-14(15)17-16)24(20,21)18(11-3-4-11)9-12-2-1-7-23-12/h1-2,5-8,11H,3-4,9-10H2,(H,17,19). The Morgan fingerprint density at radius 1 is 1.29 bits per heavy atom. The predicted octanol–water partition coefficient (Wildman–Crippen LogP) is 2.43. The number of ether oxygens (including phenoxy) is 1. The summed E-state index contributed by atoms with van der Waals surface area (Å²) in [5.41, 5.74) is 0.402. The van der Waals surface area contributed by atoms with Crippen molar-refractivity contribution in [3.05, 3.63) is 40.6 Å². The highest BCUT2D eigenvalue weighted by Crippen LogP contribution is 2.36. The number of carbonyl (C=O) groups excluding carboxylic acids is 1. The van der Waals surface area contributed by atoms with E-state index in [1.807, 2.05) is 17.5 Å². The van der Waals surface area contributed by atoms with Gasteiger partial charge in [0, 0.05) is 17.5 Å². The van der Waals surface area contributed by atoms with Crippen molar-refractivity contribution in [3.8, 4) is 5.75 Å². The minimum Gasteiger partial charge on any atom is -0.482 e. The number of benzene rings is 1. The van der Waals surface area contributed by atoms with Crippen LogP contribution < -0.4 is 10.1 Å². The molecular weight excluding hydrogens is 348 g/mol. The van der Waals surface area contributed by atoms with Gasteiger partial charge in [0.25, 0.3) is 5.91 Å². The maximum Gasteiger partial charge on any atom is 0.262 e. The smallest absolute Gasteiger partial charge is 0.262 e. The van der Waals surface area contributed by atoms with Gasteiger partial charge in [-0.1, -0.05) is 6.07 Å². The van der Waals surface area contributed by atoms with Crippen LogP contribution in [0.3, 0.4) is 0 Å². The van der Waals surface area contributed by atoms with E-state index >= 15 is 0 Å². The van der Waals surface area contributed by atoms with Crippen LogP contribution in [-0.2, 0) is 21.4 Å². The first-order valence-electron chi connectivity index (χ1n) is 7.65. The van der Waals surface area contributed by atoms with E-state index in [9.17, 15) is 13.2 Å². The molecule has 2 aliphatic rings. The van der Waals surface area contributed by atoms with Gasteiger partial charge in [0.15, 0.2) is 6.61 Å². The molecule has 6 nitrogen and oxygen atoms in total. The third kappa shape index (κ3) is 2.92. The summed E-state index contributed by atoms with van der Waals surface area (Å²) in [5, 5.41) is 4.60. The van der Waals surface area contributed by atoms with E-state index in [1.165, 1.54) is 12.1 Å². The van der Waals surface area contributed by atoms with Crippen molar-refractivity contribution >= 4 is 33.0 Å². The van der Waals surface area contributed by atoms with Gasteiger partial charge in [0.05, 0.1) is 10.6 Å². The molecule has 4 rings (SSSR count). The van der Waals surface area contributed by atoms with Gasteiger partial charge in [-0.05, 0) is 42.5 Å². The number of sulfonamides is 1. The summed E-state index contributed by atoms with van der Waals surface area (Å²) in [7, 11) is -3.63. The fourth-order valence-corrected chi connectivity index (χ4v) is 5.16. The summed E-state index contributed by atoms with van der Waals surface area (Å²) in [6.07, 6.45) is 1.77. The van der Waals surface area contributed by atoms with Crippen LogP contribution in [0, 0.1) is 0 Å². The van der Waals surface area contributed by atoms with Crippen molar-refractivity contribution < 1.29 is 17.9 Å². The third-order valence-electron chi connectivity index (χ3n) is 4.04. The molecule has 1 aliphatic carbocycles. The molecule has 2 aromatic rings. The van der Waals surface area contributed by atoms with E-state index in [4.69, 9.17) is 4.74 Å². The molecule has 1 fully saturated rings. The monoisotopic (exact) mass is 364 g/mol. The van der Waals surface area contributed by atoms with E-state index < -0.39 is 10.0 Å². The molecule has 24 heavy (non-hydrogen) atoms. The average molecular weight is 364 g/mol. The van der Waals surface area contributed by atoms with Gasteiger partial charge in [0.2, 0.25) is 10.0 Å². The van der Waals surface area contributed by atoms with Crippen LogP contribution in [0.15, 0.2) is 40.6 Å². The van der Waals surface area contributed by atoms with Gasteiger partial charge in [-0.3, -0.25) is 4.79 Å². The highest BCUT2D eigenvalue weighted by Gasteiger charge is 2.38. The lowest BCUT2D eigenvalue weighted by molar-refractivity contribution is -0.118. The van der Waals surface area contributed by atoms with Crippen molar-refractivity contribution in [3.63, 3.8) is 0 Å². The maximum atomic E-state index is 13.1. The molecule has 1 aromatic carbocycles. The quantitative estimate of drug-likeness (QED) is 0.884. The first kappa shape index (κ1) is 15.6. The lowest BCUT2D eigenvalue weighted by Crippen LogP contribution is -2.32. The first-order valence-corrected chi connectivity index (χ1v) is 9.97. The van der Waals surface area contributed by atoms with Gasteiger partial charge >= 0.3 is 0 Å². The number of thiophene rings is 1. The molecule has 1 saturated carbocycles. The van der Waals surface area contributed by atoms with Crippen LogP contribution in [-0.4, -0.2) is 31.3 Å². The fourth-order valence-electron chi connectivity index (χ4n) is 2.69. The number of fused-ring (bicyclic) bond motifs is 1. The summed E-state index contributed by atoms with van der Waals surface area (Å²) < 4.78 is 33.0. The molecular formula is C16H16N2O4S2. The second kappa shape index (κ2) is 5.87. The highest BCUT2D eigenvalue weighted by atomic mass is 32.2. The predicted molar refractivity (Wildman–Crippen MR) is 90.6 cm³/mol. The molecule has 0 atom stereocenters. The van der Waals surface area contributed by atoms with Crippen molar-refractivity contribution in [1.82, 2.24) is 4.31 Å². The number of carbonyl (C=O) groups is 1. The third-order valence-corrected chi connectivity index (χ3v) is 6.79. The van der Waals surface area contributed by atoms with Crippen molar-refractivity contribution in [2.24, 2.45) is 0 Å². The average Bonchev–Trinajstić information content (AvgIpc) is 3.27. The molecule has 2 heterocycles. The normalized spacial score (nSPS) is 17.3. The summed E-state index contributed by atoms with van der Waals surface area (Å²) in [6, 6.07) is 8.53. The Bertz CT molecular complexity index is 873. The van der Waals surface area contributed by atoms with Crippen molar-refractivity contribution in [1.29, 1.82) is 0 Å². The number of nitrogens with one attached hydrogen (secondary N) is 1. The van der Waals surface area contributed by atoms with Crippen molar-refractivity contribution in [2.75, 3.05) is 11.9 Å². The molecule has 1 amide bonds. The van der Waals surface area contributed by atoms with E-state index in [0.717, 1.165) is 17.7 Å². The SMILES string of the molecule is O=C1COc2ccc(S(=O)(=O)N(Cc3cccs3)C3CC3)cc2N1. The molecule has 1 N–H and O–H groups in total. The molecule has 8 heteroatoms. The summed E-state index contributed by atoms with van der Waals surface area (Å²) in [4.78, 5) is 12.6. The lowest BCUT2D eigenvalue weighted by atomic mass is 10.2. The van der Waals surface area contributed by atoms with Crippen LogP contribution in [0.1, 0.15) is 17.7 Å². The highest BCUT2D eigenvalue weighted by molar-refractivity contribution is 7.89. The van der Waals surface area contributed by atoms with Gasteiger partial charge in [0.1, 0.15) is 5.75 Å². The number of nitrogens with zero attached hydrogens (tertiary/aromatic N) is 1. The van der Waals surface area contributed by atoms with E-state index in [2.05, 4.69) is 5.32 Å². The molecule has 126 valence electrons. The number of hydrogen-bond donors (Lipinski definition) is 1. The molecule has 0 saturated heterocycles. The number of rotatable bonds is 5. The first-order chi connectivity index (χ1) is 11.5. The van der Waals surface area contributed by atoms with Gasteiger partial charge in [-0.25, -0.2) is 8.42 Å². The molecule has 0 unspecified atom stereocenters. The topological polar surface area (TPSA) is 75.7 Å². The second-order valence-corrected chi connectivity index (χ2v) is 8.78. The van der Waals surface area contributed by atoms with Crippen molar-refractivity contribution in [2.45, 2.75) is 30.3 Å². The van der Waals surface area contributed by atoms with Crippen LogP contribution in [0.2, 0.25) is 0 Å². The number of anilines is 1. The van der Waals surface area contributed by atoms with Crippen LogP contribution in [0.25, 0.3) is 0 Å². The summed E-state index contributed by atoms with van der Waals surface area (Å²) >= 11 is 1.55. The molecule has 1 aromatic heterocycles. The molecule has 0 radical (unpaired) electrons. The number of hydrogen-bond acceptors (Lipinski definition) is 5. The van der Waals surface area contributed by atoms with E-state index in [-0.39, 0.29) is 23.5 Å². The Labute approximate surface area is 144 Å². The van der Waals surface area contributed by atoms with Crippen LogP contribution in [0.5, 0.6) is 5.75 Å². The Hall–Kier alpha value is -1.90. The van der Waals surface area contributed by atoms with Crippen LogP contribution in [0.4, 0.5) is 5.69 Å². The zero-order chi connectivity index (χ0) is 16.7. The summed E-state index contributed by atoms with van der Waals surface area (Å²) in [5.74, 6) is 0.208. The maximum absolute atomic E-state index is 13.1. The minimum absolute atomic E-state index is 0.0499. The van der Waals surface area contributed by atoms with Gasteiger partial charge < -0.3 is 10.1 Å². The fraction of sp³-hybridized carbons (Fsp3) is 0.312. The largest absolute Gasteiger partial charge is 0.482 e. The zero-order valence-corrected chi connectivity index (χ0v) is 14.4. The van der Waals surface area contributed by atoms with E-state index in [1.54, 1.807) is 21.7 Å². The Morgan fingerprint density at radius 3 is 2.83 bits per heavy atom. The zero-order valence-electron chi connectivity index (χ0n) is 12.8. The van der Waals surface area contributed by atoms with Gasteiger partial charge in [-0.15, -0.1) is 11.3 Å². The summed E-state index contributed by atoms with van der Waals surface area (Å²) in [6.45, 7) is 0.330. The Morgan fingerprint density at radius 2 is 2.12 bits per heavy atom. The lowest BCUT2D eigenvalue weighted by Gasteiger charge is -2.23. The number of amides is 1. The molecule has 0 spiro atoms. The Balaban J connectivity index is 1.68. The van der Waals surface area contributed by atoms with Crippen LogP contribution >= 0.6 is 11.3 Å². The molecule has 0 bridgehead atoms. The van der Waals surface area contributed by atoms with Gasteiger partial charge in [-0.2, -0.15) is 4.31 Å². The Kier molecular flexibility index (Phi) is 3.82.